The molecule has 2 aliphatic rings. The minimum Gasteiger partial charge on any atom is -0.461 e. The number of aryl methyl sites for hydroxylation is 1. The van der Waals surface area contributed by atoms with E-state index in [1.807, 2.05) is 0 Å². The second kappa shape index (κ2) is 10.1. The molecule has 5 atom stereocenters. The molecule has 1 saturated heterocycles. The van der Waals surface area contributed by atoms with Crippen LogP contribution in [0.2, 0.25) is 0 Å². The molecule has 0 amide bonds. The Hall–Kier alpha value is -2.46. The van der Waals surface area contributed by atoms with Gasteiger partial charge in [0.05, 0.1) is 12.3 Å². The van der Waals surface area contributed by atoms with Gasteiger partial charge in [0.15, 0.2) is 17.8 Å². The molecule has 0 radical (unpaired) electrons. The molecule has 2 aromatic rings. The minimum atomic E-state index is -4.01. The van der Waals surface area contributed by atoms with E-state index in [4.69, 9.17) is 23.7 Å². The summed E-state index contributed by atoms with van der Waals surface area (Å²) in [7, 11) is -4.01. The van der Waals surface area contributed by atoms with Crippen LogP contribution in [-0.4, -0.2) is 54.2 Å². The van der Waals surface area contributed by atoms with E-state index in [0.29, 0.717) is 16.8 Å². The lowest BCUT2D eigenvalue weighted by molar-refractivity contribution is -0.142. The lowest BCUT2D eigenvalue weighted by Gasteiger charge is -2.29. The van der Waals surface area contributed by atoms with Crippen molar-refractivity contribution in [3.63, 3.8) is 0 Å². The fourth-order valence-corrected chi connectivity index (χ4v) is 5.64. The Morgan fingerprint density at radius 1 is 1.53 bits per heavy atom. The second-order valence-electron chi connectivity index (χ2n) is 7.94. The number of halogens is 2. The van der Waals surface area contributed by atoms with Gasteiger partial charge in [-0.05, 0) is 28.9 Å². The van der Waals surface area contributed by atoms with Crippen molar-refractivity contribution < 1.29 is 42.6 Å². The van der Waals surface area contributed by atoms with Gasteiger partial charge in [0.2, 0.25) is 4.58 Å². The van der Waals surface area contributed by atoms with Crippen LogP contribution < -0.4 is 20.8 Å². The summed E-state index contributed by atoms with van der Waals surface area (Å²) in [5.74, 6) is -0.470. The summed E-state index contributed by atoms with van der Waals surface area (Å²) in [6.07, 6.45) is -2.25. The number of rotatable bonds is 7. The molecule has 0 bridgehead atoms. The number of carbonyl (C=O) groups excluding carboxylic acids is 1. The third kappa shape index (κ3) is 5.16. The third-order valence-electron chi connectivity index (χ3n) is 5.48. The molecule has 2 unspecified atom stereocenters. The highest BCUT2D eigenvalue weighted by molar-refractivity contribution is 9.10. The summed E-state index contributed by atoms with van der Waals surface area (Å²) in [4.78, 5) is 31.0. The van der Waals surface area contributed by atoms with Crippen molar-refractivity contribution in [3.8, 4) is 5.75 Å². The van der Waals surface area contributed by atoms with Gasteiger partial charge in [0, 0.05) is 37.0 Å². The highest BCUT2D eigenvalue weighted by Crippen LogP contribution is 2.52. The van der Waals surface area contributed by atoms with Crippen molar-refractivity contribution in [1.82, 2.24) is 19.6 Å². The van der Waals surface area contributed by atoms with Gasteiger partial charge in [-0.15, -0.1) is 0 Å². The van der Waals surface area contributed by atoms with E-state index >= 15 is 4.39 Å². The SMILES string of the molecule is CC(=O)OCc1cnc(C)c2c1CNP(=O)(OC[C@H]1O[C@@H](n3ccc(NO)nc3=O)[C@@](F)(Br)C1O)O2. The molecule has 14 nitrogen and oxygen atoms in total. The number of anilines is 1. The van der Waals surface area contributed by atoms with Crippen LogP contribution in [0.3, 0.4) is 0 Å². The lowest BCUT2D eigenvalue weighted by Crippen LogP contribution is -2.40. The van der Waals surface area contributed by atoms with Crippen molar-refractivity contribution >= 4 is 35.5 Å². The van der Waals surface area contributed by atoms with Crippen LogP contribution in [0.1, 0.15) is 30.0 Å². The van der Waals surface area contributed by atoms with Gasteiger partial charge in [-0.25, -0.2) is 18.8 Å². The Kier molecular flexibility index (Phi) is 7.48. The Labute approximate surface area is 211 Å². The molecule has 4 N–H and O–H groups in total. The molecule has 0 aliphatic carbocycles. The summed E-state index contributed by atoms with van der Waals surface area (Å²) in [6, 6.07) is 1.19. The van der Waals surface area contributed by atoms with E-state index < -0.39 is 49.0 Å². The summed E-state index contributed by atoms with van der Waals surface area (Å²) >= 11 is 2.75. The van der Waals surface area contributed by atoms with Crippen LogP contribution in [-0.2, 0) is 36.5 Å². The number of aliphatic hydroxyl groups is 1. The molecule has 36 heavy (non-hydrogen) atoms. The minimum absolute atomic E-state index is 0.0288. The van der Waals surface area contributed by atoms with Gasteiger partial charge in [-0.2, -0.15) is 4.98 Å². The molecule has 2 aromatic heterocycles. The maximum absolute atomic E-state index is 15.3. The van der Waals surface area contributed by atoms with Crippen molar-refractivity contribution in [1.29, 1.82) is 0 Å². The number of alkyl halides is 2. The topological polar surface area (TPSA) is 183 Å². The molecular weight excluding hydrogens is 572 g/mol. The van der Waals surface area contributed by atoms with E-state index in [1.54, 1.807) is 12.4 Å². The summed E-state index contributed by atoms with van der Waals surface area (Å²) in [6.45, 7) is 2.29. The zero-order valence-corrected chi connectivity index (χ0v) is 21.4. The standard InChI is InChI=1S/C19H22BrFN5O9P/c1-9-15-12(11(5-22-9)7-32-10(2)27)6-23-36(31,35-15)33-8-13-16(28)19(20,21)17(34-13)26-4-3-14(25-30)24-18(26)29/h3-5,13,16-17,28,30H,6-8H2,1-2H3,(H,23,31)(H,24,25,29)/t13-,16?,17-,19-,36?/m1/s1. The summed E-state index contributed by atoms with van der Waals surface area (Å²) in [5.41, 5.74) is 2.26. The van der Waals surface area contributed by atoms with Crippen LogP contribution in [0, 0.1) is 6.92 Å². The molecule has 0 spiro atoms. The van der Waals surface area contributed by atoms with Crippen LogP contribution >= 0.6 is 23.7 Å². The number of hydrogen-bond acceptors (Lipinski definition) is 12. The van der Waals surface area contributed by atoms with Crippen LogP contribution in [0.4, 0.5) is 10.2 Å². The first-order valence-electron chi connectivity index (χ1n) is 10.5. The van der Waals surface area contributed by atoms with Crippen LogP contribution in [0.5, 0.6) is 5.75 Å². The number of aromatic nitrogens is 3. The van der Waals surface area contributed by atoms with Gasteiger partial charge < -0.3 is 19.1 Å². The van der Waals surface area contributed by atoms with E-state index in [-0.39, 0.29) is 24.7 Å². The monoisotopic (exact) mass is 593 g/mol. The van der Waals surface area contributed by atoms with Gasteiger partial charge in [-0.3, -0.25) is 29.6 Å². The molecule has 2 aliphatic heterocycles. The predicted molar refractivity (Wildman–Crippen MR) is 122 cm³/mol. The Balaban J connectivity index is 1.48. The van der Waals surface area contributed by atoms with Crippen LogP contribution in [0.25, 0.3) is 0 Å². The molecule has 4 rings (SSSR count). The van der Waals surface area contributed by atoms with Gasteiger partial charge in [0.25, 0.3) is 0 Å². The number of fused-ring (bicyclic) bond motifs is 1. The number of nitrogens with zero attached hydrogens (tertiary/aromatic N) is 3. The van der Waals surface area contributed by atoms with Crippen molar-refractivity contribution in [2.75, 3.05) is 12.1 Å². The number of carbonyl (C=O) groups is 1. The van der Waals surface area contributed by atoms with Gasteiger partial charge in [-0.1, -0.05) is 0 Å². The van der Waals surface area contributed by atoms with Gasteiger partial charge >= 0.3 is 19.4 Å². The maximum Gasteiger partial charge on any atom is 0.459 e. The largest absolute Gasteiger partial charge is 0.461 e. The molecule has 196 valence electrons. The highest BCUT2D eigenvalue weighted by Gasteiger charge is 2.57. The van der Waals surface area contributed by atoms with Crippen molar-refractivity contribution in [2.45, 2.75) is 50.0 Å². The van der Waals surface area contributed by atoms with E-state index in [2.05, 4.69) is 31.0 Å². The maximum atomic E-state index is 15.3. The fourth-order valence-electron chi connectivity index (χ4n) is 3.63. The summed E-state index contributed by atoms with van der Waals surface area (Å²) < 4.78 is 48.2. The molecule has 4 heterocycles. The molecule has 1 fully saturated rings. The molecule has 0 aromatic carbocycles. The Morgan fingerprint density at radius 3 is 2.94 bits per heavy atom. The number of esters is 1. The van der Waals surface area contributed by atoms with E-state index in [9.17, 15) is 19.3 Å². The number of hydrogen-bond donors (Lipinski definition) is 4. The lowest BCUT2D eigenvalue weighted by atomic mass is 10.1. The molecule has 17 heteroatoms. The Morgan fingerprint density at radius 2 is 2.28 bits per heavy atom. The molecule has 0 saturated carbocycles. The van der Waals surface area contributed by atoms with Crippen molar-refractivity contribution in [2.24, 2.45) is 0 Å². The third-order valence-corrected chi connectivity index (χ3v) is 7.80. The number of ether oxygens (including phenoxy) is 2. The van der Waals surface area contributed by atoms with Gasteiger partial charge in [0.1, 0.15) is 18.8 Å². The Bertz CT molecular complexity index is 1280. The normalized spacial score (nSPS) is 29.3. The number of pyridine rings is 1. The first kappa shape index (κ1) is 26.6. The fraction of sp³-hybridized carbons (Fsp3) is 0.474. The smallest absolute Gasteiger partial charge is 0.459 e. The van der Waals surface area contributed by atoms with E-state index in [1.165, 1.54) is 19.2 Å². The zero-order valence-electron chi connectivity index (χ0n) is 18.9. The summed E-state index contributed by atoms with van der Waals surface area (Å²) in [5, 5.41) is 22.0. The highest BCUT2D eigenvalue weighted by atomic mass is 79.9. The second-order valence-corrected chi connectivity index (χ2v) is 10.9. The zero-order chi connectivity index (χ0) is 26.3. The first-order valence-corrected chi connectivity index (χ1v) is 12.8. The predicted octanol–water partition coefficient (Wildman–Crippen LogP) is 1.44. The number of aliphatic hydroxyl groups excluding tert-OH is 1. The first-order chi connectivity index (χ1) is 16.9. The molecular formula is C19H22BrFN5O9P. The quantitative estimate of drug-likeness (QED) is 0.157. The van der Waals surface area contributed by atoms with E-state index in [0.717, 1.165) is 10.8 Å². The van der Waals surface area contributed by atoms with Crippen LogP contribution in [0.15, 0.2) is 23.3 Å². The average molecular weight is 594 g/mol. The average Bonchev–Trinajstić information content (AvgIpc) is 3.06. The van der Waals surface area contributed by atoms with Crippen molar-refractivity contribution in [3.05, 3.63) is 45.8 Å². The number of nitrogens with one attached hydrogen (secondary N) is 2.